The van der Waals surface area contributed by atoms with Crippen LogP contribution in [0.1, 0.15) is 47.1 Å². The molecule has 0 aromatic heterocycles. The summed E-state index contributed by atoms with van der Waals surface area (Å²) in [6.45, 7) is 10.3. The van der Waals surface area contributed by atoms with Crippen LogP contribution in [-0.2, 0) is 15.1 Å². The molecule has 0 saturated carbocycles. The molecule has 2 atom stereocenters. The first-order valence-electron chi connectivity index (χ1n) is 8.40. The molecule has 0 aliphatic carbocycles. The molecule has 0 bridgehead atoms. The molecule has 0 amide bonds. The van der Waals surface area contributed by atoms with E-state index in [4.69, 9.17) is 9.47 Å². The van der Waals surface area contributed by atoms with Gasteiger partial charge in [-0.05, 0) is 51.3 Å². The largest absolute Gasteiger partial charge is 0.488 e. The zero-order chi connectivity index (χ0) is 19.4. The number of rotatable bonds is 7. The fourth-order valence-corrected chi connectivity index (χ4v) is 2.72. The predicted molar refractivity (Wildman–Crippen MR) is 91.7 cm³/mol. The van der Waals surface area contributed by atoms with Crippen molar-refractivity contribution in [2.75, 3.05) is 6.61 Å². The first-order valence-corrected chi connectivity index (χ1v) is 8.40. The number of carbonyl (C=O) groups excluding carboxylic acids is 1. The third kappa shape index (κ3) is 5.14. The van der Waals surface area contributed by atoms with Gasteiger partial charge in [0.05, 0.1) is 6.61 Å². The van der Waals surface area contributed by atoms with E-state index in [-0.39, 0.29) is 12.2 Å². The Morgan fingerprint density at radius 1 is 1.16 bits per heavy atom. The van der Waals surface area contributed by atoms with Gasteiger partial charge in [0, 0.05) is 0 Å². The molecule has 1 aromatic carbocycles. The Labute approximate surface area is 148 Å². The van der Waals surface area contributed by atoms with Crippen molar-refractivity contribution >= 4 is 5.97 Å². The van der Waals surface area contributed by atoms with Crippen LogP contribution in [0.5, 0.6) is 5.75 Å². The van der Waals surface area contributed by atoms with Crippen LogP contribution in [-0.4, -0.2) is 29.7 Å². The fraction of sp³-hybridized carbons (Fsp3) is 0.632. The van der Waals surface area contributed by atoms with Gasteiger partial charge >= 0.3 is 5.97 Å². The average molecular weight is 358 g/mol. The van der Waals surface area contributed by atoms with Crippen LogP contribution in [0.3, 0.4) is 0 Å². The van der Waals surface area contributed by atoms with E-state index in [9.17, 15) is 18.7 Å². The highest BCUT2D eigenvalue weighted by atomic mass is 19.3. The van der Waals surface area contributed by atoms with Crippen LogP contribution in [0, 0.1) is 11.8 Å². The predicted octanol–water partition coefficient (Wildman–Crippen LogP) is 4.15. The topological polar surface area (TPSA) is 55.8 Å². The zero-order valence-corrected chi connectivity index (χ0v) is 15.7. The molecule has 4 nitrogen and oxygen atoms in total. The number of hydrogen-bond donors (Lipinski definition) is 1. The van der Waals surface area contributed by atoms with Crippen LogP contribution < -0.4 is 4.74 Å². The van der Waals surface area contributed by atoms with Crippen molar-refractivity contribution in [3.05, 3.63) is 29.8 Å². The molecule has 25 heavy (non-hydrogen) atoms. The van der Waals surface area contributed by atoms with Crippen molar-refractivity contribution in [2.24, 2.45) is 11.8 Å². The molecule has 0 radical (unpaired) electrons. The van der Waals surface area contributed by atoms with Gasteiger partial charge in [0.2, 0.25) is 0 Å². The summed E-state index contributed by atoms with van der Waals surface area (Å²) in [4.78, 5) is 12.1. The summed E-state index contributed by atoms with van der Waals surface area (Å²) in [5, 5.41) is 11.1. The first kappa shape index (κ1) is 21.4. The van der Waals surface area contributed by atoms with E-state index < -0.39 is 35.4 Å². The molecule has 0 fully saturated rings. The first-order chi connectivity index (χ1) is 11.4. The van der Waals surface area contributed by atoms with Gasteiger partial charge < -0.3 is 14.6 Å². The third-order valence-electron chi connectivity index (χ3n) is 3.89. The number of benzene rings is 1. The van der Waals surface area contributed by atoms with Crippen molar-refractivity contribution in [3.8, 4) is 5.75 Å². The van der Waals surface area contributed by atoms with E-state index in [1.165, 1.54) is 19.1 Å². The summed E-state index contributed by atoms with van der Waals surface area (Å²) in [6.07, 6.45) is -3.06. The summed E-state index contributed by atoms with van der Waals surface area (Å²) in [7, 11) is 0. The summed E-state index contributed by atoms with van der Waals surface area (Å²) in [6, 6.07) is 6.22. The van der Waals surface area contributed by atoms with Crippen LogP contribution in [0.25, 0.3) is 0 Å². The maximum absolute atomic E-state index is 13.6. The Kier molecular flexibility index (Phi) is 6.94. The van der Waals surface area contributed by atoms with E-state index >= 15 is 0 Å². The van der Waals surface area contributed by atoms with Gasteiger partial charge in [-0.15, -0.1) is 0 Å². The zero-order valence-electron chi connectivity index (χ0n) is 15.7. The molecule has 1 N–H and O–H groups in total. The lowest BCUT2D eigenvalue weighted by Crippen LogP contribution is -2.48. The number of alkyl halides is 2. The highest BCUT2D eigenvalue weighted by molar-refractivity contribution is 5.75. The van der Waals surface area contributed by atoms with Crippen LogP contribution >= 0.6 is 0 Å². The van der Waals surface area contributed by atoms with Gasteiger partial charge in [0.1, 0.15) is 17.0 Å². The molecule has 1 aromatic rings. The van der Waals surface area contributed by atoms with E-state index in [2.05, 4.69) is 0 Å². The normalized spacial score (nSPS) is 15.8. The SMILES string of the molecule is CCOC(=O)C(C(F)F)C(O)(c1ccc(OC(C)(C)C)cc1)C(C)C. The summed E-state index contributed by atoms with van der Waals surface area (Å²) < 4.78 is 37.7. The second-order valence-electron chi connectivity index (χ2n) is 7.28. The van der Waals surface area contributed by atoms with E-state index in [1.54, 1.807) is 26.0 Å². The number of carbonyl (C=O) groups is 1. The van der Waals surface area contributed by atoms with E-state index in [1.807, 2.05) is 20.8 Å². The molecular formula is C19H28F2O4. The van der Waals surface area contributed by atoms with Gasteiger partial charge in [-0.2, -0.15) is 0 Å². The van der Waals surface area contributed by atoms with Gasteiger partial charge in [0.15, 0.2) is 5.92 Å². The van der Waals surface area contributed by atoms with Gasteiger partial charge in [-0.25, -0.2) is 8.78 Å². The van der Waals surface area contributed by atoms with Gasteiger partial charge in [-0.1, -0.05) is 26.0 Å². The summed E-state index contributed by atoms with van der Waals surface area (Å²) >= 11 is 0. The minimum Gasteiger partial charge on any atom is -0.488 e. The number of aliphatic hydroxyl groups is 1. The molecule has 0 spiro atoms. The molecule has 2 unspecified atom stereocenters. The van der Waals surface area contributed by atoms with Crippen LogP contribution in [0.15, 0.2) is 24.3 Å². The highest BCUT2D eigenvalue weighted by Crippen LogP contribution is 2.41. The Hall–Kier alpha value is -1.69. The van der Waals surface area contributed by atoms with Crippen molar-refractivity contribution in [3.63, 3.8) is 0 Å². The smallest absolute Gasteiger partial charge is 0.318 e. The summed E-state index contributed by atoms with van der Waals surface area (Å²) in [5.74, 6) is -3.16. The number of halogens is 2. The maximum atomic E-state index is 13.6. The maximum Gasteiger partial charge on any atom is 0.318 e. The van der Waals surface area contributed by atoms with Gasteiger partial charge in [0.25, 0.3) is 6.43 Å². The Morgan fingerprint density at radius 2 is 1.68 bits per heavy atom. The highest BCUT2D eigenvalue weighted by Gasteiger charge is 2.51. The molecule has 0 aliphatic rings. The number of esters is 1. The van der Waals surface area contributed by atoms with Crippen molar-refractivity contribution in [1.29, 1.82) is 0 Å². The number of ether oxygens (including phenoxy) is 2. The molecule has 1 rings (SSSR count). The lowest BCUT2D eigenvalue weighted by molar-refractivity contribution is -0.178. The Morgan fingerprint density at radius 3 is 2.04 bits per heavy atom. The lowest BCUT2D eigenvalue weighted by Gasteiger charge is -2.38. The average Bonchev–Trinajstić information content (AvgIpc) is 2.45. The fourth-order valence-electron chi connectivity index (χ4n) is 2.72. The van der Waals surface area contributed by atoms with Crippen LogP contribution in [0.4, 0.5) is 8.78 Å². The summed E-state index contributed by atoms with van der Waals surface area (Å²) in [5.41, 5.74) is -2.24. The molecule has 0 aliphatic heterocycles. The quantitative estimate of drug-likeness (QED) is 0.744. The second-order valence-corrected chi connectivity index (χ2v) is 7.28. The Balaban J connectivity index is 3.30. The molecule has 0 saturated heterocycles. The van der Waals surface area contributed by atoms with Gasteiger partial charge in [-0.3, -0.25) is 4.79 Å². The van der Waals surface area contributed by atoms with Crippen molar-refractivity contribution in [2.45, 2.75) is 59.2 Å². The van der Waals surface area contributed by atoms with E-state index in [0.29, 0.717) is 5.75 Å². The van der Waals surface area contributed by atoms with E-state index in [0.717, 1.165) is 0 Å². The Bertz CT molecular complexity index is 564. The second kappa shape index (κ2) is 8.13. The standard InChI is InChI=1S/C19H28F2O4/c1-7-24-17(22)15(16(20)21)19(23,12(2)3)13-8-10-14(11-9-13)25-18(4,5)6/h8-12,15-16,23H,7H2,1-6H3. The molecule has 0 heterocycles. The van der Waals surface area contributed by atoms with Crippen molar-refractivity contribution in [1.82, 2.24) is 0 Å². The lowest BCUT2D eigenvalue weighted by atomic mass is 9.73. The van der Waals surface area contributed by atoms with Crippen LogP contribution in [0.2, 0.25) is 0 Å². The molecule has 6 heteroatoms. The molecule has 142 valence electrons. The minimum absolute atomic E-state index is 0.0331. The molecular weight excluding hydrogens is 330 g/mol. The third-order valence-corrected chi connectivity index (χ3v) is 3.89. The monoisotopic (exact) mass is 358 g/mol. The number of hydrogen-bond acceptors (Lipinski definition) is 4. The minimum atomic E-state index is -3.06. The van der Waals surface area contributed by atoms with Crippen molar-refractivity contribution < 1.29 is 28.2 Å².